The van der Waals surface area contributed by atoms with Crippen molar-refractivity contribution in [2.24, 2.45) is 0 Å². The lowest BCUT2D eigenvalue weighted by atomic mass is 10.2. The second-order valence-corrected chi connectivity index (χ2v) is 5.52. The largest absolute Gasteiger partial charge is 0.494 e. The van der Waals surface area contributed by atoms with Crippen LogP contribution in [0.1, 0.15) is 12.5 Å². The molecule has 0 aliphatic rings. The quantitative estimate of drug-likeness (QED) is 0.815. The number of carbonyl (C=O) groups excluding carboxylic acids is 1. The number of halogens is 2. The highest BCUT2D eigenvalue weighted by Crippen LogP contribution is 2.27. The standard InChI is InChI=1S/C17H17Cl2NO3/c1-2-22-15-6-4-3-5-12(15)10-20-17(21)11-23-16-8-7-13(18)9-14(16)19/h3-9H,2,10-11H2,1H3,(H,20,21). The number of rotatable bonds is 7. The number of para-hydroxylation sites is 1. The molecule has 0 aliphatic heterocycles. The summed E-state index contributed by atoms with van der Waals surface area (Å²) >= 11 is 11.8. The molecule has 4 nitrogen and oxygen atoms in total. The topological polar surface area (TPSA) is 47.6 Å². The van der Waals surface area contributed by atoms with Crippen LogP contribution in [-0.4, -0.2) is 19.1 Å². The molecule has 2 aromatic rings. The SMILES string of the molecule is CCOc1ccccc1CNC(=O)COc1ccc(Cl)cc1Cl. The average molecular weight is 354 g/mol. The summed E-state index contributed by atoms with van der Waals surface area (Å²) in [6.45, 7) is 2.73. The lowest BCUT2D eigenvalue weighted by Crippen LogP contribution is -2.28. The van der Waals surface area contributed by atoms with Crippen molar-refractivity contribution in [2.75, 3.05) is 13.2 Å². The summed E-state index contributed by atoms with van der Waals surface area (Å²) < 4.78 is 10.9. The molecule has 1 N–H and O–H groups in total. The molecular formula is C17H17Cl2NO3. The number of hydrogen-bond donors (Lipinski definition) is 1. The lowest BCUT2D eigenvalue weighted by molar-refractivity contribution is -0.123. The van der Waals surface area contributed by atoms with E-state index in [9.17, 15) is 4.79 Å². The molecule has 0 radical (unpaired) electrons. The normalized spacial score (nSPS) is 10.2. The number of nitrogens with one attached hydrogen (secondary N) is 1. The maximum absolute atomic E-state index is 11.9. The fraction of sp³-hybridized carbons (Fsp3) is 0.235. The van der Waals surface area contributed by atoms with E-state index in [0.29, 0.717) is 28.9 Å². The molecule has 0 saturated heterocycles. The molecule has 2 aromatic carbocycles. The minimum atomic E-state index is -0.248. The van der Waals surface area contributed by atoms with Gasteiger partial charge in [0.15, 0.2) is 6.61 Å². The second-order valence-electron chi connectivity index (χ2n) is 4.68. The van der Waals surface area contributed by atoms with Crippen molar-refractivity contribution in [3.63, 3.8) is 0 Å². The van der Waals surface area contributed by atoms with Crippen LogP contribution >= 0.6 is 23.2 Å². The Morgan fingerprint density at radius 1 is 1.09 bits per heavy atom. The van der Waals surface area contributed by atoms with Gasteiger partial charge in [0, 0.05) is 17.1 Å². The van der Waals surface area contributed by atoms with E-state index >= 15 is 0 Å². The van der Waals surface area contributed by atoms with E-state index in [-0.39, 0.29) is 12.5 Å². The molecule has 1 amide bonds. The Balaban J connectivity index is 1.86. The molecule has 23 heavy (non-hydrogen) atoms. The van der Waals surface area contributed by atoms with Crippen LogP contribution < -0.4 is 14.8 Å². The van der Waals surface area contributed by atoms with E-state index in [2.05, 4.69) is 5.32 Å². The Morgan fingerprint density at radius 3 is 2.61 bits per heavy atom. The van der Waals surface area contributed by atoms with Gasteiger partial charge in [-0.2, -0.15) is 0 Å². The Kier molecular flexibility index (Phi) is 6.56. The summed E-state index contributed by atoms with van der Waals surface area (Å²) in [5.74, 6) is 0.931. The van der Waals surface area contributed by atoms with Gasteiger partial charge in [-0.15, -0.1) is 0 Å². The molecule has 0 atom stereocenters. The second kappa shape index (κ2) is 8.65. The predicted octanol–water partition coefficient (Wildman–Crippen LogP) is 4.09. The van der Waals surface area contributed by atoms with Crippen molar-refractivity contribution < 1.29 is 14.3 Å². The van der Waals surface area contributed by atoms with E-state index in [1.807, 2.05) is 31.2 Å². The summed E-state index contributed by atoms with van der Waals surface area (Å²) in [5, 5.41) is 3.67. The van der Waals surface area contributed by atoms with Crippen LogP contribution in [0.3, 0.4) is 0 Å². The number of amides is 1. The molecular weight excluding hydrogens is 337 g/mol. The molecule has 0 fully saturated rings. The van der Waals surface area contributed by atoms with Crippen LogP contribution in [-0.2, 0) is 11.3 Å². The van der Waals surface area contributed by atoms with Gasteiger partial charge >= 0.3 is 0 Å². The van der Waals surface area contributed by atoms with Crippen molar-refractivity contribution in [1.82, 2.24) is 5.32 Å². The Labute approximate surface area is 145 Å². The van der Waals surface area contributed by atoms with Crippen molar-refractivity contribution in [3.8, 4) is 11.5 Å². The molecule has 0 spiro atoms. The molecule has 2 rings (SSSR count). The molecule has 0 aromatic heterocycles. The number of carbonyl (C=O) groups is 1. The van der Waals surface area contributed by atoms with E-state index in [4.69, 9.17) is 32.7 Å². The van der Waals surface area contributed by atoms with E-state index in [1.54, 1.807) is 18.2 Å². The summed E-state index contributed by atoms with van der Waals surface area (Å²) in [5.41, 5.74) is 0.909. The third-order valence-electron chi connectivity index (χ3n) is 3.00. The maximum atomic E-state index is 11.9. The van der Waals surface area contributed by atoms with Crippen molar-refractivity contribution >= 4 is 29.1 Å². The van der Waals surface area contributed by atoms with Crippen LogP contribution in [0.4, 0.5) is 0 Å². The van der Waals surface area contributed by atoms with E-state index in [0.717, 1.165) is 11.3 Å². The molecule has 0 saturated carbocycles. The van der Waals surface area contributed by atoms with Crippen LogP contribution in [0, 0.1) is 0 Å². The van der Waals surface area contributed by atoms with Gasteiger partial charge in [0.1, 0.15) is 11.5 Å². The van der Waals surface area contributed by atoms with Gasteiger partial charge in [0.2, 0.25) is 0 Å². The lowest BCUT2D eigenvalue weighted by Gasteiger charge is -2.12. The van der Waals surface area contributed by atoms with Gasteiger partial charge in [-0.05, 0) is 31.2 Å². The van der Waals surface area contributed by atoms with Gasteiger partial charge in [0.25, 0.3) is 5.91 Å². The molecule has 0 unspecified atom stereocenters. The number of hydrogen-bond acceptors (Lipinski definition) is 3. The smallest absolute Gasteiger partial charge is 0.258 e. The average Bonchev–Trinajstić information content (AvgIpc) is 2.53. The highest BCUT2D eigenvalue weighted by Gasteiger charge is 2.08. The van der Waals surface area contributed by atoms with Gasteiger partial charge in [0.05, 0.1) is 11.6 Å². The Hall–Kier alpha value is -1.91. The zero-order valence-electron chi connectivity index (χ0n) is 12.6. The first kappa shape index (κ1) is 17.4. The summed E-state index contributed by atoms with van der Waals surface area (Å²) in [7, 11) is 0. The van der Waals surface area contributed by atoms with Crippen LogP contribution in [0.2, 0.25) is 10.0 Å². The molecule has 0 heterocycles. The maximum Gasteiger partial charge on any atom is 0.258 e. The third-order valence-corrected chi connectivity index (χ3v) is 3.53. The summed E-state index contributed by atoms with van der Waals surface area (Å²) in [6.07, 6.45) is 0. The molecule has 0 bridgehead atoms. The fourth-order valence-corrected chi connectivity index (χ4v) is 2.39. The third kappa shape index (κ3) is 5.34. The molecule has 0 aliphatic carbocycles. The first-order chi connectivity index (χ1) is 11.1. The van der Waals surface area contributed by atoms with Gasteiger partial charge in [-0.25, -0.2) is 0 Å². The van der Waals surface area contributed by atoms with Crippen molar-refractivity contribution in [2.45, 2.75) is 13.5 Å². The first-order valence-electron chi connectivity index (χ1n) is 7.15. The Bertz CT molecular complexity index is 677. The molecule has 122 valence electrons. The van der Waals surface area contributed by atoms with Gasteiger partial charge in [-0.3, -0.25) is 4.79 Å². The minimum absolute atomic E-state index is 0.127. The summed E-state index contributed by atoms with van der Waals surface area (Å²) in [4.78, 5) is 11.9. The zero-order valence-corrected chi connectivity index (χ0v) is 14.2. The van der Waals surface area contributed by atoms with Crippen LogP contribution in [0.25, 0.3) is 0 Å². The first-order valence-corrected chi connectivity index (χ1v) is 7.91. The van der Waals surface area contributed by atoms with E-state index in [1.165, 1.54) is 0 Å². The van der Waals surface area contributed by atoms with Crippen molar-refractivity contribution in [1.29, 1.82) is 0 Å². The van der Waals surface area contributed by atoms with Gasteiger partial charge < -0.3 is 14.8 Å². The Morgan fingerprint density at radius 2 is 1.87 bits per heavy atom. The number of ether oxygens (including phenoxy) is 2. The predicted molar refractivity (Wildman–Crippen MR) is 91.4 cm³/mol. The number of benzene rings is 2. The van der Waals surface area contributed by atoms with E-state index < -0.39 is 0 Å². The highest BCUT2D eigenvalue weighted by molar-refractivity contribution is 6.35. The van der Waals surface area contributed by atoms with Crippen LogP contribution in [0.15, 0.2) is 42.5 Å². The minimum Gasteiger partial charge on any atom is -0.494 e. The molecule has 6 heteroatoms. The zero-order chi connectivity index (χ0) is 16.7. The van der Waals surface area contributed by atoms with Crippen LogP contribution in [0.5, 0.6) is 11.5 Å². The monoisotopic (exact) mass is 353 g/mol. The fourth-order valence-electron chi connectivity index (χ4n) is 1.93. The highest BCUT2D eigenvalue weighted by atomic mass is 35.5. The van der Waals surface area contributed by atoms with Gasteiger partial charge in [-0.1, -0.05) is 41.4 Å². The summed E-state index contributed by atoms with van der Waals surface area (Å²) in [6, 6.07) is 12.4. The van der Waals surface area contributed by atoms with Crippen molar-refractivity contribution in [3.05, 3.63) is 58.1 Å².